The molecule has 2 fully saturated rings. The molecule has 3 amide bonds. The van der Waals surface area contributed by atoms with E-state index in [9.17, 15) is 14.4 Å². The van der Waals surface area contributed by atoms with E-state index in [-0.39, 0.29) is 30.3 Å². The summed E-state index contributed by atoms with van der Waals surface area (Å²) in [7, 11) is 5.92. The summed E-state index contributed by atoms with van der Waals surface area (Å²) in [5.74, 6) is 0.0737. The fraction of sp³-hybridized carbons (Fsp3) is 0.609. The highest BCUT2D eigenvalue weighted by Crippen LogP contribution is 2.36. The zero-order chi connectivity index (χ0) is 21.7. The lowest BCUT2D eigenvalue weighted by Gasteiger charge is -2.45. The highest BCUT2D eigenvalue weighted by Gasteiger charge is 2.42. The number of fused-ring (bicyclic) bond motifs is 1. The summed E-state index contributed by atoms with van der Waals surface area (Å²) in [5, 5.41) is 2.89. The molecule has 164 valence electrons. The number of hydrogen-bond acceptors (Lipinski definition) is 5. The van der Waals surface area contributed by atoms with Gasteiger partial charge in [-0.15, -0.1) is 0 Å². The molecule has 3 rings (SSSR count). The first-order chi connectivity index (χ1) is 14.3. The minimum absolute atomic E-state index is 0.149. The number of urea groups is 1. The van der Waals surface area contributed by atoms with Crippen LogP contribution in [-0.2, 0) is 16.1 Å². The lowest BCUT2D eigenvalue weighted by atomic mass is 9.74. The Morgan fingerprint density at radius 3 is 2.63 bits per heavy atom. The monoisotopic (exact) mass is 414 g/mol. The van der Waals surface area contributed by atoms with Crippen LogP contribution in [0, 0.1) is 11.8 Å². The first kappa shape index (κ1) is 22.4. The zero-order valence-electron chi connectivity index (χ0n) is 18.3. The number of ketones is 1. The third kappa shape index (κ3) is 5.67. The van der Waals surface area contributed by atoms with Crippen molar-refractivity contribution in [2.24, 2.45) is 11.8 Å². The van der Waals surface area contributed by atoms with E-state index in [1.54, 1.807) is 0 Å². The number of imide groups is 1. The molecular formula is C23H34N4O3. The molecule has 0 unspecified atom stereocenters. The molecular weight excluding hydrogens is 380 g/mol. The predicted octanol–water partition coefficient (Wildman–Crippen LogP) is 1.98. The van der Waals surface area contributed by atoms with Gasteiger partial charge in [-0.25, -0.2) is 4.79 Å². The van der Waals surface area contributed by atoms with Gasteiger partial charge in [0.15, 0.2) is 0 Å². The summed E-state index contributed by atoms with van der Waals surface area (Å²) >= 11 is 0. The SMILES string of the molecule is CN(C)CCNC(=O)N(Cc1ccccc1)C(=O)[C@@H]1C[C@@H]2CC(=O)CC[C@H]2N(C)C1. The Labute approximate surface area is 179 Å². The largest absolute Gasteiger partial charge is 0.336 e. The van der Waals surface area contributed by atoms with E-state index < -0.39 is 0 Å². The van der Waals surface area contributed by atoms with Gasteiger partial charge >= 0.3 is 6.03 Å². The number of likely N-dealkylation sites (N-methyl/N-ethyl adjacent to an activating group) is 1. The second-order valence-electron chi connectivity index (χ2n) is 8.93. The fourth-order valence-corrected chi connectivity index (χ4v) is 4.72. The molecule has 1 saturated carbocycles. The van der Waals surface area contributed by atoms with Crippen LogP contribution in [0.5, 0.6) is 0 Å². The Bertz CT molecular complexity index is 752. The van der Waals surface area contributed by atoms with Crippen LogP contribution in [0.15, 0.2) is 30.3 Å². The lowest BCUT2D eigenvalue weighted by molar-refractivity contribution is -0.138. The minimum Gasteiger partial charge on any atom is -0.336 e. The van der Waals surface area contributed by atoms with Gasteiger partial charge in [0.25, 0.3) is 0 Å². The Kier molecular flexibility index (Phi) is 7.61. The Morgan fingerprint density at radius 2 is 1.93 bits per heavy atom. The topological polar surface area (TPSA) is 73.0 Å². The average molecular weight is 415 g/mol. The number of Topliss-reactive ketones (excluding diaryl/α,β-unsaturated/α-hetero) is 1. The molecule has 0 radical (unpaired) electrons. The van der Waals surface area contributed by atoms with Crippen molar-refractivity contribution in [3.05, 3.63) is 35.9 Å². The molecule has 7 heteroatoms. The molecule has 0 spiro atoms. The summed E-state index contributed by atoms with van der Waals surface area (Å²) in [6.45, 7) is 2.07. The van der Waals surface area contributed by atoms with E-state index in [2.05, 4.69) is 10.2 Å². The molecule has 1 aliphatic heterocycles. The van der Waals surface area contributed by atoms with Crippen molar-refractivity contribution < 1.29 is 14.4 Å². The molecule has 30 heavy (non-hydrogen) atoms. The number of benzene rings is 1. The molecule has 1 N–H and O–H groups in total. The molecule has 0 aromatic heterocycles. The molecule has 1 heterocycles. The van der Waals surface area contributed by atoms with Crippen LogP contribution in [0.4, 0.5) is 4.79 Å². The van der Waals surface area contributed by atoms with E-state index >= 15 is 0 Å². The van der Waals surface area contributed by atoms with E-state index in [4.69, 9.17) is 0 Å². The smallest absolute Gasteiger partial charge is 0.324 e. The van der Waals surface area contributed by atoms with Crippen LogP contribution in [0.2, 0.25) is 0 Å². The van der Waals surface area contributed by atoms with Crippen LogP contribution in [0.1, 0.15) is 31.2 Å². The normalized spacial score (nSPS) is 24.4. The van der Waals surface area contributed by atoms with Gasteiger partial charge in [-0.3, -0.25) is 14.5 Å². The van der Waals surface area contributed by atoms with Crippen LogP contribution in [0.25, 0.3) is 0 Å². The van der Waals surface area contributed by atoms with Gasteiger partial charge in [-0.1, -0.05) is 30.3 Å². The second kappa shape index (κ2) is 10.2. The van der Waals surface area contributed by atoms with Crippen LogP contribution >= 0.6 is 0 Å². The molecule has 1 aromatic rings. The highest BCUT2D eigenvalue weighted by molar-refractivity contribution is 5.95. The average Bonchev–Trinajstić information content (AvgIpc) is 2.71. The fourth-order valence-electron chi connectivity index (χ4n) is 4.72. The maximum absolute atomic E-state index is 13.5. The van der Waals surface area contributed by atoms with Crippen molar-refractivity contribution in [2.45, 2.75) is 38.3 Å². The molecule has 7 nitrogen and oxygen atoms in total. The standard InChI is InChI=1S/C23H34N4O3/c1-25(2)12-11-24-23(30)27(15-17-7-5-4-6-8-17)22(29)19-13-18-14-20(28)9-10-21(18)26(3)16-19/h4-8,18-19,21H,9-16H2,1-3H3,(H,24,30)/t18-,19-,21-/m1/s1. The lowest BCUT2D eigenvalue weighted by Crippen LogP contribution is -2.55. The number of nitrogens with zero attached hydrogens (tertiary/aromatic N) is 3. The Morgan fingerprint density at radius 1 is 1.20 bits per heavy atom. The number of piperidine rings is 1. The van der Waals surface area contributed by atoms with Crippen LogP contribution in [0.3, 0.4) is 0 Å². The Balaban J connectivity index is 1.73. The molecule has 1 saturated heterocycles. The quantitative estimate of drug-likeness (QED) is 0.771. The van der Waals surface area contributed by atoms with Gasteiger partial charge in [-0.05, 0) is 45.5 Å². The number of carbonyl (C=O) groups is 3. The van der Waals surface area contributed by atoms with E-state index in [0.717, 1.165) is 12.0 Å². The van der Waals surface area contributed by atoms with Crippen molar-refractivity contribution in [3.63, 3.8) is 0 Å². The first-order valence-corrected chi connectivity index (χ1v) is 10.8. The number of carbonyl (C=O) groups excluding carboxylic acids is 3. The third-order valence-electron chi connectivity index (χ3n) is 6.29. The van der Waals surface area contributed by atoms with Gasteiger partial charge in [0, 0.05) is 38.5 Å². The van der Waals surface area contributed by atoms with Crippen molar-refractivity contribution in [1.82, 2.24) is 20.0 Å². The highest BCUT2D eigenvalue weighted by atomic mass is 16.2. The molecule has 3 atom stereocenters. The Hall–Kier alpha value is -2.25. The van der Waals surface area contributed by atoms with E-state index in [1.165, 1.54) is 4.90 Å². The zero-order valence-corrected chi connectivity index (χ0v) is 18.3. The maximum atomic E-state index is 13.5. The van der Waals surface area contributed by atoms with Gasteiger partial charge in [0.05, 0.1) is 12.5 Å². The van der Waals surface area contributed by atoms with Crippen molar-refractivity contribution in [3.8, 4) is 0 Å². The van der Waals surface area contributed by atoms with E-state index in [0.29, 0.717) is 50.7 Å². The number of likely N-dealkylation sites (tertiary alicyclic amines) is 1. The molecule has 1 aromatic carbocycles. The van der Waals surface area contributed by atoms with Gasteiger partial charge in [-0.2, -0.15) is 0 Å². The predicted molar refractivity (Wildman–Crippen MR) is 116 cm³/mol. The summed E-state index contributed by atoms with van der Waals surface area (Å²) in [5.41, 5.74) is 0.920. The van der Waals surface area contributed by atoms with Crippen LogP contribution < -0.4 is 5.32 Å². The molecule has 2 aliphatic rings. The number of hydrogen-bond donors (Lipinski definition) is 1. The summed E-state index contributed by atoms with van der Waals surface area (Å²) in [6, 6.07) is 9.61. The van der Waals surface area contributed by atoms with Gasteiger partial charge in [0.1, 0.15) is 5.78 Å². The summed E-state index contributed by atoms with van der Waals surface area (Å²) in [6.07, 6.45) is 2.74. The summed E-state index contributed by atoms with van der Waals surface area (Å²) < 4.78 is 0. The van der Waals surface area contributed by atoms with Gasteiger partial charge < -0.3 is 15.1 Å². The summed E-state index contributed by atoms with van der Waals surface area (Å²) in [4.78, 5) is 44.0. The molecule has 0 bridgehead atoms. The number of nitrogens with one attached hydrogen (secondary N) is 1. The van der Waals surface area contributed by atoms with Crippen LogP contribution in [-0.4, -0.2) is 79.2 Å². The number of rotatable bonds is 6. The first-order valence-electron chi connectivity index (χ1n) is 10.8. The van der Waals surface area contributed by atoms with Crippen molar-refractivity contribution in [2.75, 3.05) is 40.8 Å². The second-order valence-corrected chi connectivity index (χ2v) is 8.93. The maximum Gasteiger partial charge on any atom is 0.324 e. The third-order valence-corrected chi connectivity index (χ3v) is 6.29. The van der Waals surface area contributed by atoms with Gasteiger partial charge in [0.2, 0.25) is 5.91 Å². The van der Waals surface area contributed by atoms with Crippen molar-refractivity contribution >= 4 is 17.7 Å². The minimum atomic E-state index is -0.352. The van der Waals surface area contributed by atoms with E-state index in [1.807, 2.05) is 56.4 Å². The molecule has 1 aliphatic carbocycles. The number of amides is 3. The van der Waals surface area contributed by atoms with Crippen molar-refractivity contribution in [1.29, 1.82) is 0 Å².